The van der Waals surface area contributed by atoms with E-state index < -0.39 is 0 Å². The molecule has 0 rings (SSSR count). The number of carbonyl (C=O) groups excluding carboxylic acids is 1. The van der Waals surface area contributed by atoms with Gasteiger partial charge in [0.1, 0.15) is 6.61 Å². The van der Waals surface area contributed by atoms with Gasteiger partial charge in [0, 0.05) is 7.11 Å². The van der Waals surface area contributed by atoms with Gasteiger partial charge in [0.2, 0.25) is 0 Å². The van der Waals surface area contributed by atoms with Crippen LogP contribution in [0.2, 0.25) is 0 Å². The summed E-state index contributed by atoms with van der Waals surface area (Å²) in [7, 11) is 1.48. The van der Waals surface area contributed by atoms with Crippen molar-refractivity contribution in [3.63, 3.8) is 0 Å². The number of ether oxygens (including phenoxy) is 2. The van der Waals surface area contributed by atoms with Gasteiger partial charge in [-0.1, -0.05) is 19.8 Å². The molecule has 0 aromatic heterocycles. The van der Waals surface area contributed by atoms with E-state index in [0.717, 1.165) is 19.3 Å². The molecule has 3 nitrogen and oxygen atoms in total. The predicted molar refractivity (Wildman–Crippen MR) is 42.4 cm³/mol. The van der Waals surface area contributed by atoms with Crippen molar-refractivity contribution in [2.24, 2.45) is 0 Å². The molecule has 0 atom stereocenters. The molecule has 0 heterocycles. The molecule has 0 aromatic carbocycles. The molecule has 0 amide bonds. The van der Waals surface area contributed by atoms with E-state index in [1.54, 1.807) is 0 Å². The van der Waals surface area contributed by atoms with E-state index in [1.165, 1.54) is 7.11 Å². The summed E-state index contributed by atoms with van der Waals surface area (Å²) in [6, 6.07) is 0. The number of rotatable bonds is 6. The first-order valence-electron chi connectivity index (χ1n) is 3.95. The van der Waals surface area contributed by atoms with Crippen molar-refractivity contribution in [3.05, 3.63) is 0 Å². The molecule has 3 heteroatoms. The number of unbranched alkanes of at least 4 members (excludes halogenated alkanes) is 2. The van der Waals surface area contributed by atoms with Crippen molar-refractivity contribution < 1.29 is 14.3 Å². The molecule has 0 radical (unpaired) electrons. The van der Waals surface area contributed by atoms with Crippen molar-refractivity contribution in [2.75, 3.05) is 20.3 Å². The normalized spacial score (nSPS) is 9.64. The molecule has 0 saturated heterocycles. The quantitative estimate of drug-likeness (QED) is 0.435. The number of hydrogen-bond acceptors (Lipinski definition) is 3. The van der Waals surface area contributed by atoms with Crippen LogP contribution in [0, 0.1) is 0 Å². The van der Waals surface area contributed by atoms with Crippen molar-refractivity contribution in [2.45, 2.75) is 26.2 Å². The monoisotopic (exact) mass is 160 g/mol. The molecule has 0 spiro atoms. The Labute approximate surface area is 67.7 Å². The number of methoxy groups -OCH3 is 1. The van der Waals surface area contributed by atoms with Crippen molar-refractivity contribution in [1.82, 2.24) is 0 Å². The third-order valence-corrected chi connectivity index (χ3v) is 1.27. The highest BCUT2D eigenvalue weighted by Crippen LogP contribution is 1.94. The van der Waals surface area contributed by atoms with Gasteiger partial charge in [-0.3, -0.25) is 0 Å². The maximum absolute atomic E-state index is 10.7. The molecule has 66 valence electrons. The lowest BCUT2D eigenvalue weighted by Crippen LogP contribution is -2.11. The Balaban J connectivity index is 3.04. The van der Waals surface area contributed by atoms with Crippen molar-refractivity contribution in [3.8, 4) is 0 Å². The Morgan fingerprint density at radius 2 is 2.09 bits per heavy atom. The van der Waals surface area contributed by atoms with Crippen LogP contribution in [0.4, 0.5) is 0 Å². The highest BCUT2D eigenvalue weighted by atomic mass is 16.6. The van der Waals surface area contributed by atoms with Crippen LogP contribution in [0.15, 0.2) is 0 Å². The van der Waals surface area contributed by atoms with Crippen LogP contribution in [0.3, 0.4) is 0 Å². The molecule has 0 unspecified atom stereocenters. The second kappa shape index (κ2) is 7.54. The molecular weight excluding hydrogens is 144 g/mol. The van der Waals surface area contributed by atoms with Gasteiger partial charge in [0.25, 0.3) is 0 Å². The second-order valence-electron chi connectivity index (χ2n) is 2.36. The molecule has 11 heavy (non-hydrogen) atoms. The average Bonchev–Trinajstić information content (AvgIpc) is 1.99. The largest absolute Gasteiger partial charge is 0.464 e. The maximum atomic E-state index is 10.7. The van der Waals surface area contributed by atoms with Crippen LogP contribution >= 0.6 is 0 Å². The summed E-state index contributed by atoms with van der Waals surface area (Å²) in [5.41, 5.74) is 0. The zero-order valence-electron chi connectivity index (χ0n) is 7.26. The summed E-state index contributed by atoms with van der Waals surface area (Å²) in [5, 5.41) is 0. The molecule has 0 aromatic rings. The van der Waals surface area contributed by atoms with E-state index in [-0.39, 0.29) is 12.6 Å². The maximum Gasteiger partial charge on any atom is 0.332 e. The number of carbonyl (C=O) groups is 1. The van der Waals surface area contributed by atoms with Crippen molar-refractivity contribution >= 4 is 5.97 Å². The van der Waals surface area contributed by atoms with E-state index in [2.05, 4.69) is 11.7 Å². The Morgan fingerprint density at radius 3 is 2.64 bits per heavy atom. The van der Waals surface area contributed by atoms with Gasteiger partial charge in [-0.15, -0.1) is 0 Å². The van der Waals surface area contributed by atoms with Gasteiger partial charge in [0.15, 0.2) is 0 Å². The Kier molecular flexibility index (Phi) is 7.15. The summed E-state index contributed by atoms with van der Waals surface area (Å²) >= 11 is 0. The Hall–Kier alpha value is -0.570. The first-order valence-corrected chi connectivity index (χ1v) is 3.95. The summed E-state index contributed by atoms with van der Waals surface area (Å²) in [6.45, 7) is 2.69. The second-order valence-corrected chi connectivity index (χ2v) is 2.36. The summed E-state index contributed by atoms with van der Waals surface area (Å²) in [5.74, 6) is -0.274. The van der Waals surface area contributed by atoms with E-state index in [0.29, 0.717) is 6.61 Å². The van der Waals surface area contributed by atoms with Crippen LogP contribution in [0.25, 0.3) is 0 Å². The topological polar surface area (TPSA) is 35.5 Å². The molecule has 0 fully saturated rings. The summed E-state index contributed by atoms with van der Waals surface area (Å²) in [4.78, 5) is 10.7. The van der Waals surface area contributed by atoms with Crippen LogP contribution in [-0.2, 0) is 14.3 Å². The van der Waals surface area contributed by atoms with Gasteiger partial charge < -0.3 is 9.47 Å². The highest BCUT2D eigenvalue weighted by molar-refractivity contribution is 5.70. The molecule has 0 bridgehead atoms. The third kappa shape index (κ3) is 7.33. The fourth-order valence-electron chi connectivity index (χ4n) is 0.698. The lowest BCUT2D eigenvalue weighted by atomic mass is 10.3. The minimum atomic E-state index is -0.274. The summed E-state index contributed by atoms with van der Waals surface area (Å²) < 4.78 is 9.41. The zero-order chi connectivity index (χ0) is 8.53. The average molecular weight is 160 g/mol. The van der Waals surface area contributed by atoms with Crippen LogP contribution in [0.1, 0.15) is 26.2 Å². The van der Waals surface area contributed by atoms with Crippen LogP contribution < -0.4 is 0 Å². The SMILES string of the molecule is CCCCCOC(=O)COC. The first-order chi connectivity index (χ1) is 5.31. The lowest BCUT2D eigenvalue weighted by molar-refractivity contribution is -0.148. The van der Waals surface area contributed by atoms with Gasteiger partial charge in [0.05, 0.1) is 6.61 Å². The van der Waals surface area contributed by atoms with Gasteiger partial charge in [-0.05, 0) is 6.42 Å². The smallest absolute Gasteiger partial charge is 0.332 e. The Morgan fingerprint density at radius 1 is 1.36 bits per heavy atom. The first kappa shape index (κ1) is 10.4. The van der Waals surface area contributed by atoms with E-state index in [9.17, 15) is 4.79 Å². The third-order valence-electron chi connectivity index (χ3n) is 1.27. The number of esters is 1. The molecule has 0 saturated carbocycles. The fraction of sp³-hybridized carbons (Fsp3) is 0.875. The van der Waals surface area contributed by atoms with Gasteiger partial charge >= 0.3 is 5.97 Å². The predicted octanol–water partition coefficient (Wildman–Crippen LogP) is 1.37. The zero-order valence-corrected chi connectivity index (χ0v) is 7.26. The minimum absolute atomic E-state index is 0.0616. The van der Waals surface area contributed by atoms with E-state index in [4.69, 9.17) is 4.74 Å². The lowest BCUT2D eigenvalue weighted by Gasteiger charge is -2.02. The molecule has 0 aliphatic heterocycles. The molecular formula is C8H16O3. The van der Waals surface area contributed by atoms with Crippen molar-refractivity contribution in [1.29, 1.82) is 0 Å². The van der Waals surface area contributed by atoms with Crippen LogP contribution in [0.5, 0.6) is 0 Å². The van der Waals surface area contributed by atoms with Gasteiger partial charge in [-0.25, -0.2) is 4.79 Å². The van der Waals surface area contributed by atoms with E-state index >= 15 is 0 Å². The molecule has 0 N–H and O–H groups in total. The molecule has 0 aliphatic rings. The Bertz CT molecular complexity index is 102. The van der Waals surface area contributed by atoms with Gasteiger partial charge in [-0.2, -0.15) is 0 Å². The van der Waals surface area contributed by atoms with E-state index in [1.807, 2.05) is 0 Å². The molecule has 0 aliphatic carbocycles. The van der Waals surface area contributed by atoms with Crippen LogP contribution in [-0.4, -0.2) is 26.3 Å². The minimum Gasteiger partial charge on any atom is -0.464 e. The standard InChI is InChI=1S/C8H16O3/c1-3-4-5-6-11-8(9)7-10-2/h3-7H2,1-2H3. The fourth-order valence-corrected chi connectivity index (χ4v) is 0.698. The number of hydrogen-bond donors (Lipinski definition) is 0. The highest BCUT2D eigenvalue weighted by Gasteiger charge is 1.99. The summed E-state index contributed by atoms with van der Waals surface area (Å²) in [6.07, 6.45) is 3.20.